The average molecular weight is 516 g/mol. The molecule has 186 valence electrons. The van der Waals surface area contributed by atoms with Crippen molar-refractivity contribution in [1.82, 2.24) is 9.29 Å². The van der Waals surface area contributed by atoms with Gasteiger partial charge >= 0.3 is 0 Å². The number of carbonyl (C=O) groups excluding carboxylic acids is 1. The van der Waals surface area contributed by atoms with Crippen LogP contribution >= 0.6 is 11.3 Å². The molecule has 0 N–H and O–H groups in total. The third-order valence-corrected chi connectivity index (χ3v) is 9.65. The van der Waals surface area contributed by atoms with E-state index in [9.17, 15) is 13.2 Å². The fraction of sp³-hybridized carbons (Fsp3) is 0.440. The first-order valence-corrected chi connectivity index (χ1v) is 14.1. The van der Waals surface area contributed by atoms with E-state index < -0.39 is 10.0 Å². The Morgan fingerprint density at radius 3 is 2.46 bits per heavy atom. The minimum absolute atomic E-state index is 0.0471. The highest BCUT2D eigenvalue weighted by Crippen LogP contribution is 2.34. The number of aryl methyl sites for hydroxylation is 2. The summed E-state index contributed by atoms with van der Waals surface area (Å²) in [5.74, 6) is -0.217. The van der Waals surface area contributed by atoms with Crippen molar-refractivity contribution in [2.24, 2.45) is 0 Å². The molecule has 0 saturated carbocycles. The average Bonchev–Trinajstić information content (AvgIpc) is 3.56. The number of amides is 1. The molecule has 1 aromatic heterocycles. The van der Waals surface area contributed by atoms with Gasteiger partial charge in [-0.15, -0.1) is 0 Å². The Kier molecular flexibility index (Phi) is 6.91. The lowest BCUT2D eigenvalue weighted by atomic mass is 10.1. The highest BCUT2D eigenvalue weighted by Gasteiger charge is 2.29. The number of hydrogen-bond donors (Lipinski definition) is 0. The summed E-state index contributed by atoms with van der Waals surface area (Å²) in [4.78, 5) is 20.4. The summed E-state index contributed by atoms with van der Waals surface area (Å²) in [5, 5.41) is 0.628. The van der Waals surface area contributed by atoms with Crippen molar-refractivity contribution in [3.05, 3.63) is 53.1 Å². The van der Waals surface area contributed by atoms with Crippen molar-refractivity contribution < 1.29 is 22.7 Å². The molecule has 1 amide bonds. The Hall–Kier alpha value is -2.37. The molecule has 1 atom stereocenters. The minimum Gasteiger partial charge on any atom is -0.379 e. The van der Waals surface area contributed by atoms with E-state index >= 15 is 0 Å². The Morgan fingerprint density at radius 2 is 1.80 bits per heavy atom. The van der Waals surface area contributed by atoms with Crippen LogP contribution in [0.1, 0.15) is 34.3 Å². The third-order valence-electron chi connectivity index (χ3n) is 6.53. The number of aromatic nitrogens is 1. The van der Waals surface area contributed by atoms with Gasteiger partial charge in [0, 0.05) is 25.3 Å². The number of hydrogen-bond acceptors (Lipinski definition) is 7. The summed E-state index contributed by atoms with van der Waals surface area (Å²) in [6.07, 6.45) is 1.82. The molecule has 8 nitrogen and oxygen atoms in total. The highest BCUT2D eigenvalue weighted by molar-refractivity contribution is 7.89. The maximum atomic E-state index is 13.7. The smallest absolute Gasteiger partial charge is 0.260 e. The lowest BCUT2D eigenvalue weighted by Gasteiger charge is -2.26. The molecule has 0 radical (unpaired) electrons. The van der Waals surface area contributed by atoms with Gasteiger partial charge in [0.15, 0.2) is 5.13 Å². The van der Waals surface area contributed by atoms with Gasteiger partial charge in [0.2, 0.25) is 10.0 Å². The highest BCUT2D eigenvalue weighted by atomic mass is 32.2. The molecule has 0 bridgehead atoms. The second-order valence-corrected chi connectivity index (χ2v) is 11.9. The lowest BCUT2D eigenvalue weighted by Crippen LogP contribution is -2.40. The van der Waals surface area contributed by atoms with E-state index in [1.807, 2.05) is 19.9 Å². The number of carbonyl (C=O) groups is 1. The van der Waals surface area contributed by atoms with Crippen LogP contribution in [-0.4, -0.2) is 69.2 Å². The SMILES string of the molecule is Cc1ccc(C)c2sc(N(CC3CCCO3)C(=O)c3ccc(S(=O)(=O)N4CCOCC4)cc3)nc12. The molecular formula is C25H29N3O5S2. The van der Waals surface area contributed by atoms with Gasteiger partial charge in [-0.2, -0.15) is 4.31 Å². The Balaban J connectivity index is 1.46. The van der Waals surface area contributed by atoms with Crippen molar-refractivity contribution in [2.45, 2.75) is 37.7 Å². The molecule has 5 rings (SSSR count). The molecule has 10 heteroatoms. The predicted octanol–water partition coefficient (Wildman–Crippen LogP) is 3.76. The quantitative estimate of drug-likeness (QED) is 0.497. The van der Waals surface area contributed by atoms with Crippen molar-refractivity contribution in [3.63, 3.8) is 0 Å². The number of thiazole rings is 1. The summed E-state index contributed by atoms with van der Waals surface area (Å²) in [6, 6.07) is 10.3. The van der Waals surface area contributed by atoms with Crippen LogP contribution in [0.4, 0.5) is 5.13 Å². The zero-order chi connectivity index (χ0) is 24.6. The second-order valence-electron chi connectivity index (χ2n) is 8.97. The van der Waals surface area contributed by atoms with Crippen LogP contribution in [0.15, 0.2) is 41.3 Å². The van der Waals surface area contributed by atoms with Gasteiger partial charge in [-0.1, -0.05) is 23.5 Å². The van der Waals surface area contributed by atoms with Crippen molar-refractivity contribution in [1.29, 1.82) is 0 Å². The van der Waals surface area contributed by atoms with Crippen LogP contribution < -0.4 is 4.90 Å². The summed E-state index contributed by atoms with van der Waals surface area (Å²) < 4.78 is 39.5. The Labute approximate surface area is 209 Å². The predicted molar refractivity (Wildman–Crippen MR) is 136 cm³/mol. The Morgan fingerprint density at radius 1 is 1.09 bits per heavy atom. The summed E-state index contributed by atoms with van der Waals surface area (Å²) in [5.41, 5.74) is 3.51. The molecule has 3 aromatic rings. The van der Waals surface area contributed by atoms with E-state index in [1.54, 1.807) is 17.0 Å². The number of rotatable bonds is 6. The summed E-state index contributed by atoms with van der Waals surface area (Å²) >= 11 is 1.50. The van der Waals surface area contributed by atoms with Crippen LogP contribution in [-0.2, 0) is 19.5 Å². The van der Waals surface area contributed by atoms with E-state index in [1.165, 1.54) is 27.8 Å². The zero-order valence-electron chi connectivity index (χ0n) is 19.9. The number of morpholine rings is 1. The van der Waals surface area contributed by atoms with Gasteiger partial charge in [-0.3, -0.25) is 9.69 Å². The molecule has 0 spiro atoms. The van der Waals surface area contributed by atoms with Gasteiger partial charge < -0.3 is 9.47 Å². The molecule has 3 heterocycles. The monoisotopic (exact) mass is 515 g/mol. The normalized spacial score (nSPS) is 19.3. The van der Waals surface area contributed by atoms with E-state index in [0.29, 0.717) is 50.1 Å². The van der Waals surface area contributed by atoms with Crippen molar-refractivity contribution >= 4 is 42.6 Å². The molecule has 2 aliphatic heterocycles. The summed E-state index contributed by atoms with van der Waals surface area (Å²) in [6.45, 7) is 6.59. The third kappa shape index (κ3) is 4.85. The van der Waals surface area contributed by atoms with Crippen LogP contribution in [0.5, 0.6) is 0 Å². The molecule has 2 aromatic carbocycles. The van der Waals surface area contributed by atoms with Gasteiger partial charge in [-0.25, -0.2) is 13.4 Å². The van der Waals surface area contributed by atoms with E-state index in [0.717, 1.165) is 34.2 Å². The van der Waals surface area contributed by atoms with Gasteiger partial charge in [-0.05, 0) is 62.1 Å². The lowest BCUT2D eigenvalue weighted by molar-refractivity contribution is 0.0730. The first-order chi connectivity index (χ1) is 16.8. The number of nitrogens with zero attached hydrogens (tertiary/aromatic N) is 3. The Bertz CT molecular complexity index is 1290. The largest absolute Gasteiger partial charge is 0.379 e. The van der Waals surface area contributed by atoms with Crippen LogP contribution in [0.25, 0.3) is 10.2 Å². The van der Waals surface area contributed by atoms with Gasteiger partial charge in [0.1, 0.15) is 0 Å². The number of fused-ring (bicyclic) bond motifs is 1. The van der Waals surface area contributed by atoms with Gasteiger partial charge in [0.25, 0.3) is 5.91 Å². The maximum Gasteiger partial charge on any atom is 0.260 e. The molecule has 35 heavy (non-hydrogen) atoms. The molecular weight excluding hydrogens is 486 g/mol. The molecule has 2 aliphatic rings. The fourth-order valence-electron chi connectivity index (χ4n) is 4.46. The first kappa shape index (κ1) is 24.3. The standard InChI is InChI=1S/C25H29N3O5S2/c1-17-5-6-18(2)23-22(17)26-25(34-23)28(16-20-4-3-13-33-20)24(29)19-7-9-21(10-8-19)35(30,31)27-11-14-32-15-12-27/h5-10,20H,3-4,11-16H2,1-2H3. The van der Waals surface area contributed by atoms with Crippen LogP contribution in [0.3, 0.4) is 0 Å². The first-order valence-electron chi connectivity index (χ1n) is 11.8. The number of ether oxygens (including phenoxy) is 2. The van der Waals surface area contributed by atoms with Crippen LogP contribution in [0.2, 0.25) is 0 Å². The van der Waals surface area contributed by atoms with E-state index in [4.69, 9.17) is 14.5 Å². The fourth-order valence-corrected chi connectivity index (χ4v) is 6.99. The minimum atomic E-state index is -3.62. The van der Waals surface area contributed by atoms with Crippen LogP contribution in [0, 0.1) is 13.8 Å². The molecule has 2 fully saturated rings. The number of sulfonamides is 1. The van der Waals surface area contributed by atoms with Crippen molar-refractivity contribution in [3.8, 4) is 0 Å². The van der Waals surface area contributed by atoms with E-state index in [2.05, 4.69) is 6.07 Å². The number of anilines is 1. The zero-order valence-corrected chi connectivity index (χ0v) is 21.5. The topological polar surface area (TPSA) is 89.0 Å². The maximum absolute atomic E-state index is 13.7. The second kappa shape index (κ2) is 9.94. The van der Waals surface area contributed by atoms with Gasteiger partial charge in [0.05, 0.1) is 41.0 Å². The van der Waals surface area contributed by atoms with Crippen molar-refractivity contribution in [2.75, 3.05) is 44.4 Å². The van der Waals surface area contributed by atoms with E-state index in [-0.39, 0.29) is 16.9 Å². The molecule has 2 saturated heterocycles. The molecule has 1 unspecified atom stereocenters. The summed E-state index contributed by atoms with van der Waals surface area (Å²) in [7, 11) is -3.62. The number of benzene rings is 2. The molecule has 0 aliphatic carbocycles.